The molecule has 0 N–H and O–H groups in total. The van der Waals surface area contributed by atoms with Crippen LogP contribution in [0.25, 0.3) is 11.0 Å². The Hall–Kier alpha value is -4.46. The highest BCUT2D eigenvalue weighted by Gasteiger charge is 2.18. The molecule has 0 saturated carbocycles. The first-order valence-electron chi connectivity index (χ1n) is 10.2. The van der Waals surface area contributed by atoms with E-state index in [1.54, 1.807) is 36.4 Å². The third-order valence-corrected chi connectivity index (χ3v) is 4.90. The normalized spacial score (nSPS) is 11.9. The van der Waals surface area contributed by atoms with Crippen LogP contribution in [0.5, 0.6) is 34.5 Å². The lowest BCUT2D eigenvalue weighted by molar-refractivity contribution is 0.0734. The van der Waals surface area contributed by atoms with Gasteiger partial charge in [0.1, 0.15) is 17.6 Å². The zero-order valence-electron chi connectivity index (χ0n) is 17.5. The molecule has 1 aliphatic rings. The smallest absolute Gasteiger partial charge is 0.343 e. The van der Waals surface area contributed by atoms with Crippen molar-refractivity contribution in [1.82, 2.24) is 0 Å². The number of benzene rings is 3. The van der Waals surface area contributed by atoms with E-state index in [1.165, 1.54) is 24.5 Å². The Morgan fingerprint density at radius 2 is 1.76 bits per heavy atom. The molecule has 33 heavy (non-hydrogen) atoms. The molecule has 0 saturated heterocycles. The highest BCUT2D eigenvalue weighted by atomic mass is 16.7. The van der Waals surface area contributed by atoms with E-state index in [1.807, 2.05) is 13.0 Å². The van der Waals surface area contributed by atoms with E-state index < -0.39 is 5.97 Å². The number of ether oxygens (including phenoxy) is 5. The van der Waals surface area contributed by atoms with Crippen LogP contribution in [-0.4, -0.2) is 19.4 Å². The molecule has 0 radical (unpaired) electrons. The van der Waals surface area contributed by atoms with Crippen LogP contribution in [-0.2, 0) is 0 Å². The molecule has 1 aliphatic heterocycles. The predicted molar refractivity (Wildman–Crippen MR) is 118 cm³/mol. The second-order valence-electron chi connectivity index (χ2n) is 7.03. The molecule has 166 valence electrons. The van der Waals surface area contributed by atoms with Crippen LogP contribution < -0.4 is 29.1 Å². The van der Waals surface area contributed by atoms with Crippen LogP contribution in [0.1, 0.15) is 17.3 Å². The summed E-state index contributed by atoms with van der Waals surface area (Å²) in [5, 5.41) is 0.282. The Balaban J connectivity index is 1.38. The van der Waals surface area contributed by atoms with Crippen molar-refractivity contribution in [3.63, 3.8) is 0 Å². The second-order valence-corrected chi connectivity index (χ2v) is 7.03. The summed E-state index contributed by atoms with van der Waals surface area (Å²) in [7, 11) is 0. The number of esters is 1. The van der Waals surface area contributed by atoms with Crippen molar-refractivity contribution in [1.29, 1.82) is 0 Å². The quantitative estimate of drug-likeness (QED) is 0.304. The van der Waals surface area contributed by atoms with Crippen molar-refractivity contribution < 1.29 is 32.9 Å². The van der Waals surface area contributed by atoms with E-state index in [-0.39, 0.29) is 34.7 Å². The molecule has 0 bridgehead atoms. The van der Waals surface area contributed by atoms with Gasteiger partial charge in [0.2, 0.25) is 18.0 Å². The van der Waals surface area contributed by atoms with E-state index in [4.69, 9.17) is 28.1 Å². The molecule has 8 nitrogen and oxygen atoms in total. The van der Waals surface area contributed by atoms with Crippen molar-refractivity contribution in [2.24, 2.45) is 0 Å². The van der Waals surface area contributed by atoms with Gasteiger partial charge in [-0.05, 0) is 49.4 Å². The summed E-state index contributed by atoms with van der Waals surface area (Å²) in [6.07, 6.45) is 1.22. The Morgan fingerprint density at radius 1 is 0.939 bits per heavy atom. The molecular formula is C25H18O8. The lowest BCUT2D eigenvalue weighted by atomic mass is 10.2. The summed E-state index contributed by atoms with van der Waals surface area (Å²) in [6.45, 7) is 2.43. The van der Waals surface area contributed by atoms with E-state index in [9.17, 15) is 9.59 Å². The minimum absolute atomic E-state index is 0.0137. The van der Waals surface area contributed by atoms with Crippen LogP contribution >= 0.6 is 0 Å². The lowest BCUT2D eigenvalue weighted by Crippen LogP contribution is -2.09. The number of hydrogen-bond acceptors (Lipinski definition) is 8. The molecule has 0 fully saturated rings. The van der Waals surface area contributed by atoms with Gasteiger partial charge in [0, 0.05) is 6.07 Å². The predicted octanol–water partition coefficient (Wildman–Crippen LogP) is 4.93. The zero-order chi connectivity index (χ0) is 22.8. The molecule has 0 amide bonds. The van der Waals surface area contributed by atoms with Crippen molar-refractivity contribution in [3.05, 3.63) is 82.7 Å². The second kappa shape index (κ2) is 8.58. The average Bonchev–Trinajstić information content (AvgIpc) is 3.30. The Kier molecular flexibility index (Phi) is 5.32. The SMILES string of the molecule is CCOc1ccccc1Oc1coc2cc(OC(=O)c3ccc4c(c3)OCO4)ccc2c1=O. The monoisotopic (exact) mass is 446 g/mol. The minimum Gasteiger partial charge on any atom is -0.490 e. The average molecular weight is 446 g/mol. The largest absolute Gasteiger partial charge is 0.490 e. The number of carbonyl (C=O) groups excluding carboxylic acids is 1. The van der Waals surface area contributed by atoms with Gasteiger partial charge in [0.15, 0.2) is 23.0 Å². The maximum atomic E-state index is 12.9. The molecule has 4 aromatic rings. The molecule has 0 atom stereocenters. The number of carbonyl (C=O) groups is 1. The van der Waals surface area contributed by atoms with Gasteiger partial charge in [-0.2, -0.15) is 0 Å². The molecule has 2 heterocycles. The number of rotatable bonds is 6. The van der Waals surface area contributed by atoms with Gasteiger partial charge in [0.25, 0.3) is 0 Å². The van der Waals surface area contributed by atoms with Crippen LogP contribution in [0.15, 0.2) is 76.1 Å². The first kappa shape index (κ1) is 20.4. The molecule has 1 aromatic heterocycles. The highest BCUT2D eigenvalue weighted by molar-refractivity contribution is 5.92. The van der Waals surface area contributed by atoms with E-state index in [0.29, 0.717) is 35.2 Å². The van der Waals surface area contributed by atoms with Crippen molar-refractivity contribution in [3.8, 4) is 34.5 Å². The number of fused-ring (bicyclic) bond motifs is 2. The van der Waals surface area contributed by atoms with E-state index in [2.05, 4.69) is 0 Å². The molecule has 0 unspecified atom stereocenters. The minimum atomic E-state index is -0.581. The Labute approximate surface area is 187 Å². The van der Waals surface area contributed by atoms with Gasteiger partial charge in [0.05, 0.1) is 17.6 Å². The van der Waals surface area contributed by atoms with Crippen molar-refractivity contribution in [2.75, 3.05) is 13.4 Å². The van der Waals surface area contributed by atoms with Crippen molar-refractivity contribution >= 4 is 16.9 Å². The standard InChI is InChI=1S/C25H18O8/c1-2-28-18-5-3-4-6-20(18)33-23-13-29-21-12-16(8-9-17(21)24(23)26)32-25(27)15-7-10-19-22(11-15)31-14-30-19/h3-13H,2,14H2,1H3. The molecule has 5 rings (SSSR count). The fourth-order valence-corrected chi connectivity index (χ4v) is 3.34. The summed E-state index contributed by atoms with van der Waals surface area (Å²) >= 11 is 0. The first-order valence-corrected chi connectivity index (χ1v) is 10.2. The van der Waals surface area contributed by atoms with Gasteiger partial charge in [-0.3, -0.25) is 4.79 Å². The first-order chi connectivity index (χ1) is 16.1. The maximum Gasteiger partial charge on any atom is 0.343 e. The maximum absolute atomic E-state index is 12.9. The van der Waals surface area contributed by atoms with Gasteiger partial charge in [-0.25, -0.2) is 4.79 Å². The van der Waals surface area contributed by atoms with Gasteiger partial charge >= 0.3 is 5.97 Å². The van der Waals surface area contributed by atoms with Gasteiger partial charge in [-0.1, -0.05) is 12.1 Å². The molecular weight excluding hydrogens is 428 g/mol. The van der Waals surface area contributed by atoms with Crippen LogP contribution in [0.2, 0.25) is 0 Å². The van der Waals surface area contributed by atoms with Gasteiger partial charge in [-0.15, -0.1) is 0 Å². The van der Waals surface area contributed by atoms with Crippen LogP contribution in [0, 0.1) is 0 Å². The fraction of sp³-hybridized carbons (Fsp3) is 0.120. The Morgan fingerprint density at radius 3 is 2.61 bits per heavy atom. The summed E-state index contributed by atoms with van der Waals surface area (Å²) < 4.78 is 32.8. The molecule has 8 heteroatoms. The Bertz CT molecular complexity index is 1410. The highest BCUT2D eigenvalue weighted by Crippen LogP contribution is 2.33. The molecule has 0 spiro atoms. The summed E-state index contributed by atoms with van der Waals surface area (Å²) in [5.74, 6) is 1.63. The molecule has 0 aliphatic carbocycles. The summed E-state index contributed by atoms with van der Waals surface area (Å²) in [6, 6.07) is 16.3. The summed E-state index contributed by atoms with van der Waals surface area (Å²) in [4.78, 5) is 25.4. The van der Waals surface area contributed by atoms with E-state index >= 15 is 0 Å². The lowest BCUT2D eigenvalue weighted by Gasteiger charge is -2.11. The van der Waals surface area contributed by atoms with Crippen molar-refractivity contribution in [2.45, 2.75) is 6.92 Å². The number of hydrogen-bond donors (Lipinski definition) is 0. The number of para-hydroxylation sites is 2. The van der Waals surface area contributed by atoms with E-state index in [0.717, 1.165) is 0 Å². The summed E-state index contributed by atoms with van der Waals surface area (Å²) in [5.41, 5.74) is 0.190. The topological polar surface area (TPSA) is 93.4 Å². The third-order valence-electron chi connectivity index (χ3n) is 4.90. The van der Waals surface area contributed by atoms with Gasteiger partial charge < -0.3 is 28.1 Å². The molecule has 3 aromatic carbocycles. The fourth-order valence-electron chi connectivity index (χ4n) is 3.34. The van der Waals surface area contributed by atoms with Crippen LogP contribution in [0.4, 0.5) is 0 Å². The third kappa shape index (κ3) is 4.06. The van der Waals surface area contributed by atoms with Crippen LogP contribution in [0.3, 0.4) is 0 Å². The zero-order valence-corrected chi connectivity index (χ0v) is 17.5.